The van der Waals surface area contributed by atoms with Gasteiger partial charge in [-0.15, -0.1) is 0 Å². The number of carbonyl (C=O) groups is 1. The van der Waals surface area contributed by atoms with Gasteiger partial charge in [-0.05, 0) is 30.2 Å². The Morgan fingerprint density at radius 3 is 2.59 bits per heavy atom. The quantitative estimate of drug-likeness (QED) is 0.365. The van der Waals surface area contributed by atoms with E-state index < -0.39 is 10.9 Å². The Labute approximate surface area is 128 Å². The van der Waals surface area contributed by atoms with Gasteiger partial charge in [-0.2, -0.15) is 0 Å². The first-order chi connectivity index (χ1) is 10.6. The maximum Gasteiger partial charge on any atom is 0.331 e. The summed E-state index contributed by atoms with van der Waals surface area (Å²) in [4.78, 5) is 22.1. The van der Waals surface area contributed by atoms with Crippen LogP contribution in [0.15, 0.2) is 54.6 Å². The minimum absolute atomic E-state index is 0.0572. The standard InChI is InChI=1S/C17H15NO4/c1-13-6-2-3-7-14(13)10-11-17(19)22-12-15-8-4-5-9-16(15)18(20)21/h2-11H,12H2,1H3/b11-10+. The van der Waals surface area contributed by atoms with E-state index in [1.54, 1.807) is 24.3 Å². The summed E-state index contributed by atoms with van der Waals surface area (Å²) >= 11 is 0. The average Bonchev–Trinajstić information content (AvgIpc) is 2.52. The lowest BCUT2D eigenvalue weighted by Crippen LogP contribution is -2.03. The molecule has 0 unspecified atom stereocenters. The second-order valence-corrected chi connectivity index (χ2v) is 4.68. The number of hydrogen-bond donors (Lipinski definition) is 0. The number of benzene rings is 2. The fraction of sp³-hybridized carbons (Fsp3) is 0.118. The molecular formula is C17H15NO4. The summed E-state index contributed by atoms with van der Waals surface area (Å²) < 4.78 is 5.05. The van der Waals surface area contributed by atoms with Crippen LogP contribution in [0.25, 0.3) is 6.08 Å². The number of para-hydroxylation sites is 1. The molecule has 0 aliphatic rings. The van der Waals surface area contributed by atoms with E-state index in [9.17, 15) is 14.9 Å². The van der Waals surface area contributed by atoms with E-state index in [-0.39, 0.29) is 12.3 Å². The van der Waals surface area contributed by atoms with Gasteiger partial charge in [0.15, 0.2) is 0 Å². The Morgan fingerprint density at radius 1 is 1.18 bits per heavy atom. The highest BCUT2D eigenvalue weighted by atomic mass is 16.6. The molecule has 0 N–H and O–H groups in total. The minimum Gasteiger partial charge on any atom is -0.457 e. The summed E-state index contributed by atoms with van der Waals surface area (Å²) in [7, 11) is 0. The van der Waals surface area contributed by atoms with Crippen LogP contribution in [0.4, 0.5) is 5.69 Å². The Kier molecular flexibility index (Phi) is 5.03. The molecule has 5 nitrogen and oxygen atoms in total. The topological polar surface area (TPSA) is 69.4 Å². The number of nitro benzene ring substituents is 1. The van der Waals surface area contributed by atoms with Gasteiger partial charge in [-0.3, -0.25) is 10.1 Å². The molecule has 0 bridgehead atoms. The van der Waals surface area contributed by atoms with Crippen LogP contribution in [0, 0.1) is 17.0 Å². The van der Waals surface area contributed by atoms with Gasteiger partial charge in [0.1, 0.15) is 6.61 Å². The van der Waals surface area contributed by atoms with Gasteiger partial charge in [-0.1, -0.05) is 36.4 Å². The van der Waals surface area contributed by atoms with Crippen molar-refractivity contribution < 1.29 is 14.5 Å². The summed E-state index contributed by atoms with van der Waals surface area (Å²) in [6.45, 7) is 1.81. The zero-order valence-corrected chi connectivity index (χ0v) is 12.1. The monoisotopic (exact) mass is 297 g/mol. The van der Waals surface area contributed by atoms with E-state index in [4.69, 9.17) is 4.74 Å². The van der Waals surface area contributed by atoms with Crippen LogP contribution in [0.5, 0.6) is 0 Å². The Morgan fingerprint density at radius 2 is 1.86 bits per heavy atom. The van der Waals surface area contributed by atoms with Crippen molar-refractivity contribution in [1.82, 2.24) is 0 Å². The summed E-state index contributed by atoms with van der Waals surface area (Å²) in [6, 6.07) is 13.8. The van der Waals surface area contributed by atoms with Crippen LogP contribution < -0.4 is 0 Å². The molecular weight excluding hydrogens is 282 g/mol. The Balaban J connectivity index is 1.99. The van der Waals surface area contributed by atoms with Crippen LogP contribution in [0.1, 0.15) is 16.7 Å². The predicted molar refractivity (Wildman–Crippen MR) is 83.1 cm³/mol. The van der Waals surface area contributed by atoms with Crippen molar-refractivity contribution in [3.8, 4) is 0 Å². The highest BCUT2D eigenvalue weighted by Crippen LogP contribution is 2.18. The Hall–Kier alpha value is -2.95. The number of esters is 1. The molecule has 0 fully saturated rings. The molecule has 2 rings (SSSR count). The lowest BCUT2D eigenvalue weighted by Gasteiger charge is -2.03. The number of nitrogens with zero attached hydrogens (tertiary/aromatic N) is 1. The SMILES string of the molecule is Cc1ccccc1/C=C/C(=O)OCc1ccccc1[N+](=O)[O-]. The second-order valence-electron chi connectivity index (χ2n) is 4.68. The number of carbonyl (C=O) groups excluding carboxylic acids is 1. The lowest BCUT2D eigenvalue weighted by atomic mass is 10.1. The Bertz CT molecular complexity index is 722. The molecule has 0 radical (unpaired) electrons. The van der Waals surface area contributed by atoms with Crippen molar-refractivity contribution in [3.05, 3.63) is 81.4 Å². The highest BCUT2D eigenvalue weighted by molar-refractivity contribution is 5.87. The number of rotatable bonds is 5. The van der Waals surface area contributed by atoms with Gasteiger partial charge in [0.2, 0.25) is 0 Å². The van der Waals surface area contributed by atoms with Crippen molar-refractivity contribution in [2.75, 3.05) is 0 Å². The van der Waals surface area contributed by atoms with Crippen molar-refractivity contribution in [2.45, 2.75) is 13.5 Å². The molecule has 0 spiro atoms. The molecule has 2 aromatic carbocycles. The van der Waals surface area contributed by atoms with Gasteiger partial charge in [0, 0.05) is 12.1 Å². The average molecular weight is 297 g/mol. The van der Waals surface area contributed by atoms with Crippen LogP contribution >= 0.6 is 0 Å². The van der Waals surface area contributed by atoms with Crippen molar-refractivity contribution in [2.24, 2.45) is 0 Å². The van der Waals surface area contributed by atoms with E-state index in [0.29, 0.717) is 5.56 Å². The van der Waals surface area contributed by atoms with E-state index in [1.165, 1.54) is 12.1 Å². The largest absolute Gasteiger partial charge is 0.457 e. The van der Waals surface area contributed by atoms with Gasteiger partial charge in [0.25, 0.3) is 5.69 Å². The van der Waals surface area contributed by atoms with E-state index in [0.717, 1.165) is 11.1 Å². The first-order valence-electron chi connectivity index (χ1n) is 6.70. The van der Waals surface area contributed by atoms with Crippen molar-refractivity contribution in [3.63, 3.8) is 0 Å². The number of aryl methyl sites for hydroxylation is 1. The summed E-state index contributed by atoms with van der Waals surface area (Å²) in [5, 5.41) is 10.9. The van der Waals surface area contributed by atoms with Crippen LogP contribution in [-0.2, 0) is 16.1 Å². The van der Waals surface area contributed by atoms with Gasteiger partial charge >= 0.3 is 5.97 Å². The van der Waals surface area contributed by atoms with Crippen LogP contribution in [-0.4, -0.2) is 10.9 Å². The maximum absolute atomic E-state index is 11.7. The predicted octanol–water partition coefficient (Wildman–Crippen LogP) is 3.66. The second kappa shape index (κ2) is 7.17. The van der Waals surface area contributed by atoms with Crippen LogP contribution in [0.2, 0.25) is 0 Å². The molecule has 0 aromatic heterocycles. The van der Waals surface area contributed by atoms with Gasteiger partial charge < -0.3 is 4.74 Å². The fourth-order valence-electron chi connectivity index (χ4n) is 1.94. The molecule has 0 amide bonds. The third kappa shape index (κ3) is 4.02. The van der Waals surface area contributed by atoms with Crippen molar-refractivity contribution >= 4 is 17.7 Å². The third-order valence-electron chi connectivity index (χ3n) is 3.15. The molecule has 5 heteroatoms. The van der Waals surface area contributed by atoms with Crippen molar-refractivity contribution in [1.29, 1.82) is 0 Å². The molecule has 0 saturated heterocycles. The normalized spacial score (nSPS) is 10.6. The van der Waals surface area contributed by atoms with E-state index in [1.807, 2.05) is 31.2 Å². The summed E-state index contributed by atoms with van der Waals surface area (Å²) in [5.41, 5.74) is 2.28. The zero-order valence-electron chi connectivity index (χ0n) is 12.1. The first-order valence-corrected chi connectivity index (χ1v) is 6.70. The summed E-state index contributed by atoms with van der Waals surface area (Å²) in [6.07, 6.45) is 2.98. The van der Waals surface area contributed by atoms with Crippen LogP contribution in [0.3, 0.4) is 0 Å². The molecule has 112 valence electrons. The minimum atomic E-state index is -0.540. The zero-order chi connectivity index (χ0) is 15.9. The van der Waals surface area contributed by atoms with Gasteiger partial charge in [0.05, 0.1) is 10.5 Å². The molecule has 0 atom stereocenters. The molecule has 0 aliphatic carbocycles. The molecule has 22 heavy (non-hydrogen) atoms. The molecule has 0 saturated carbocycles. The van der Waals surface area contributed by atoms with E-state index in [2.05, 4.69) is 0 Å². The summed E-state index contributed by atoms with van der Waals surface area (Å²) in [5.74, 6) is -0.540. The molecule has 2 aromatic rings. The fourth-order valence-corrected chi connectivity index (χ4v) is 1.94. The molecule has 0 heterocycles. The molecule has 0 aliphatic heterocycles. The number of nitro groups is 1. The lowest BCUT2D eigenvalue weighted by molar-refractivity contribution is -0.385. The van der Waals surface area contributed by atoms with E-state index >= 15 is 0 Å². The number of hydrogen-bond acceptors (Lipinski definition) is 4. The third-order valence-corrected chi connectivity index (χ3v) is 3.15. The maximum atomic E-state index is 11.7. The highest BCUT2D eigenvalue weighted by Gasteiger charge is 2.13. The number of ether oxygens (including phenoxy) is 1. The first kappa shape index (κ1) is 15.4. The van der Waals surface area contributed by atoms with Gasteiger partial charge in [-0.25, -0.2) is 4.79 Å². The smallest absolute Gasteiger partial charge is 0.331 e.